The third kappa shape index (κ3) is 2.83. The first-order valence-electron chi connectivity index (χ1n) is 7.35. The van der Waals surface area contributed by atoms with Crippen LogP contribution in [-0.2, 0) is 13.6 Å². The molecular weight excluding hydrogens is 258 g/mol. The maximum Gasteiger partial charge on any atom is 0.123 e. The summed E-state index contributed by atoms with van der Waals surface area (Å²) in [6, 6.07) is 17.2. The van der Waals surface area contributed by atoms with Gasteiger partial charge in [-0.25, -0.2) is 4.98 Å². The van der Waals surface area contributed by atoms with E-state index >= 15 is 0 Å². The fraction of sp³-hybridized carbons (Fsp3) is 0.278. The molecular formula is C18H21N3. The van der Waals surface area contributed by atoms with Crippen molar-refractivity contribution < 1.29 is 0 Å². The quantitative estimate of drug-likeness (QED) is 0.788. The molecule has 0 aliphatic rings. The van der Waals surface area contributed by atoms with Crippen LogP contribution in [0.15, 0.2) is 48.5 Å². The number of benzene rings is 2. The molecule has 0 aliphatic carbocycles. The molecule has 0 radical (unpaired) electrons. The second kappa shape index (κ2) is 5.70. The fourth-order valence-electron chi connectivity index (χ4n) is 2.66. The zero-order chi connectivity index (χ0) is 14.8. The molecule has 21 heavy (non-hydrogen) atoms. The van der Waals surface area contributed by atoms with Crippen LogP contribution in [0.25, 0.3) is 11.0 Å². The smallest absolute Gasteiger partial charge is 0.123 e. The van der Waals surface area contributed by atoms with E-state index < -0.39 is 0 Å². The molecule has 108 valence electrons. The molecule has 3 aromatic rings. The Bertz CT molecular complexity index is 758. The minimum atomic E-state index is 0.310. The Morgan fingerprint density at radius 1 is 1.14 bits per heavy atom. The van der Waals surface area contributed by atoms with Crippen molar-refractivity contribution in [1.82, 2.24) is 14.9 Å². The standard InChI is InChI=1S/C18H21N3/c1-13-7-6-8-15(11-13)14(2)19-12-18-20-16-9-4-5-10-17(16)21(18)3/h4-11,14,19H,12H2,1-3H3/t14-/m1/s1. The lowest BCUT2D eigenvalue weighted by molar-refractivity contribution is 0.551. The van der Waals surface area contributed by atoms with Gasteiger partial charge >= 0.3 is 0 Å². The first-order valence-corrected chi connectivity index (χ1v) is 7.35. The minimum absolute atomic E-state index is 0.310. The maximum absolute atomic E-state index is 4.70. The van der Waals surface area contributed by atoms with Crippen molar-refractivity contribution in [3.05, 3.63) is 65.5 Å². The summed E-state index contributed by atoms with van der Waals surface area (Å²) in [6.07, 6.45) is 0. The van der Waals surface area contributed by atoms with Gasteiger partial charge in [-0.05, 0) is 31.5 Å². The molecule has 3 nitrogen and oxygen atoms in total. The molecule has 3 rings (SSSR count). The molecule has 0 aliphatic heterocycles. The first-order chi connectivity index (χ1) is 10.1. The molecule has 0 saturated heterocycles. The predicted molar refractivity (Wildman–Crippen MR) is 87.1 cm³/mol. The average Bonchev–Trinajstić information content (AvgIpc) is 2.82. The highest BCUT2D eigenvalue weighted by Crippen LogP contribution is 2.17. The van der Waals surface area contributed by atoms with Gasteiger partial charge < -0.3 is 9.88 Å². The lowest BCUT2D eigenvalue weighted by Crippen LogP contribution is -2.20. The molecule has 0 amide bonds. The number of nitrogens with zero attached hydrogens (tertiary/aromatic N) is 2. The third-order valence-corrected chi connectivity index (χ3v) is 3.99. The molecule has 0 bridgehead atoms. The van der Waals surface area contributed by atoms with Crippen LogP contribution in [0.4, 0.5) is 0 Å². The van der Waals surface area contributed by atoms with Gasteiger partial charge in [-0.2, -0.15) is 0 Å². The number of aromatic nitrogens is 2. The molecule has 0 spiro atoms. The number of rotatable bonds is 4. The van der Waals surface area contributed by atoms with Gasteiger partial charge in [0.15, 0.2) is 0 Å². The number of fused-ring (bicyclic) bond motifs is 1. The van der Waals surface area contributed by atoms with Crippen LogP contribution in [0.3, 0.4) is 0 Å². The summed E-state index contributed by atoms with van der Waals surface area (Å²) in [7, 11) is 2.07. The van der Waals surface area contributed by atoms with Gasteiger partial charge in [0.05, 0.1) is 17.6 Å². The second-order valence-electron chi connectivity index (χ2n) is 5.59. The van der Waals surface area contributed by atoms with E-state index in [1.807, 2.05) is 6.07 Å². The summed E-state index contributed by atoms with van der Waals surface area (Å²) in [4.78, 5) is 4.70. The SMILES string of the molecule is Cc1cccc([C@@H](C)NCc2nc3ccccc3n2C)c1. The second-order valence-corrected chi connectivity index (χ2v) is 5.59. The molecule has 0 fully saturated rings. The van der Waals surface area contributed by atoms with E-state index in [-0.39, 0.29) is 0 Å². The highest BCUT2D eigenvalue weighted by Gasteiger charge is 2.09. The van der Waals surface area contributed by atoms with Crippen molar-refractivity contribution in [3.8, 4) is 0 Å². The number of nitrogens with one attached hydrogen (secondary N) is 1. The molecule has 1 N–H and O–H groups in total. The molecule has 1 atom stereocenters. The molecule has 0 saturated carbocycles. The summed E-state index contributed by atoms with van der Waals surface area (Å²) in [5.41, 5.74) is 4.84. The van der Waals surface area contributed by atoms with Gasteiger partial charge in [0.2, 0.25) is 0 Å². The number of hydrogen-bond acceptors (Lipinski definition) is 2. The molecule has 2 aromatic carbocycles. The number of imidazole rings is 1. The van der Waals surface area contributed by atoms with Gasteiger partial charge in [-0.15, -0.1) is 0 Å². The van der Waals surface area contributed by atoms with E-state index in [0.29, 0.717) is 6.04 Å². The van der Waals surface area contributed by atoms with Gasteiger partial charge in [0.25, 0.3) is 0 Å². The summed E-state index contributed by atoms with van der Waals surface area (Å²) in [5, 5.41) is 3.56. The summed E-state index contributed by atoms with van der Waals surface area (Å²) >= 11 is 0. The van der Waals surface area contributed by atoms with Crippen LogP contribution in [0.5, 0.6) is 0 Å². The Morgan fingerprint density at radius 3 is 2.71 bits per heavy atom. The summed E-state index contributed by atoms with van der Waals surface area (Å²) in [6.45, 7) is 5.08. The highest BCUT2D eigenvalue weighted by molar-refractivity contribution is 5.75. The van der Waals surface area contributed by atoms with Crippen LogP contribution in [0.1, 0.15) is 29.9 Å². The van der Waals surface area contributed by atoms with Crippen molar-refractivity contribution >= 4 is 11.0 Å². The van der Waals surface area contributed by atoms with Crippen molar-refractivity contribution in [2.75, 3.05) is 0 Å². The molecule has 1 aromatic heterocycles. The van der Waals surface area contributed by atoms with E-state index in [9.17, 15) is 0 Å². The minimum Gasteiger partial charge on any atom is -0.330 e. The van der Waals surface area contributed by atoms with E-state index in [2.05, 4.69) is 73.2 Å². The van der Waals surface area contributed by atoms with Crippen molar-refractivity contribution in [2.45, 2.75) is 26.4 Å². The number of aryl methyl sites for hydroxylation is 2. The Morgan fingerprint density at radius 2 is 1.95 bits per heavy atom. The van der Waals surface area contributed by atoms with Gasteiger partial charge in [-0.1, -0.05) is 42.0 Å². The monoisotopic (exact) mass is 279 g/mol. The number of hydrogen-bond donors (Lipinski definition) is 1. The fourth-order valence-corrected chi connectivity index (χ4v) is 2.66. The topological polar surface area (TPSA) is 29.9 Å². The van der Waals surface area contributed by atoms with Crippen LogP contribution in [-0.4, -0.2) is 9.55 Å². The summed E-state index contributed by atoms with van der Waals surface area (Å²) in [5.74, 6) is 1.07. The lowest BCUT2D eigenvalue weighted by atomic mass is 10.1. The lowest BCUT2D eigenvalue weighted by Gasteiger charge is -2.14. The van der Waals surface area contributed by atoms with Gasteiger partial charge in [0, 0.05) is 13.1 Å². The Hall–Kier alpha value is -2.13. The van der Waals surface area contributed by atoms with Gasteiger partial charge in [0.1, 0.15) is 5.82 Å². The Labute approximate surface area is 125 Å². The molecule has 0 unspecified atom stereocenters. The maximum atomic E-state index is 4.70. The normalized spacial score (nSPS) is 12.7. The van der Waals surface area contributed by atoms with E-state index in [1.54, 1.807) is 0 Å². The van der Waals surface area contributed by atoms with Crippen LogP contribution in [0.2, 0.25) is 0 Å². The largest absolute Gasteiger partial charge is 0.330 e. The third-order valence-electron chi connectivity index (χ3n) is 3.99. The highest BCUT2D eigenvalue weighted by atomic mass is 15.1. The van der Waals surface area contributed by atoms with Crippen LogP contribution >= 0.6 is 0 Å². The van der Waals surface area contributed by atoms with Crippen molar-refractivity contribution in [1.29, 1.82) is 0 Å². The van der Waals surface area contributed by atoms with Gasteiger partial charge in [-0.3, -0.25) is 0 Å². The summed E-state index contributed by atoms with van der Waals surface area (Å²) < 4.78 is 2.16. The van der Waals surface area contributed by atoms with Crippen LogP contribution in [0, 0.1) is 6.92 Å². The molecule has 3 heteroatoms. The Kier molecular flexibility index (Phi) is 3.76. The van der Waals surface area contributed by atoms with E-state index in [4.69, 9.17) is 4.98 Å². The van der Waals surface area contributed by atoms with Crippen molar-refractivity contribution in [2.24, 2.45) is 7.05 Å². The van der Waals surface area contributed by atoms with E-state index in [1.165, 1.54) is 16.6 Å². The van der Waals surface area contributed by atoms with Crippen molar-refractivity contribution in [3.63, 3.8) is 0 Å². The first kappa shape index (κ1) is 13.8. The predicted octanol–water partition coefficient (Wildman–Crippen LogP) is 3.73. The van der Waals surface area contributed by atoms with Crippen LogP contribution < -0.4 is 5.32 Å². The van der Waals surface area contributed by atoms with E-state index in [0.717, 1.165) is 17.9 Å². The molecule has 1 heterocycles. The number of para-hydroxylation sites is 2. The average molecular weight is 279 g/mol. The Balaban J connectivity index is 1.75. The zero-order valence-electron chi connectivity index (χ0n) is 12.8. The zero-order valence-corrected chi connectivity index (χ0v) is 12.8.